The molecule has 0 fully saturated rings. The topological polar surface area (TPSA) is 107 Å². The van der Waals surface area contributed by atoms with Gasteiger partial charge < -0.3 is 28.4 Å². The first-order valence-corrected chi connectivity index (χ1v) is 21.0. The summed E-state index contributed by atoms with van der Waals surface area (Å²) in [5.74, 6) is 2.31. The van der Waals surface area contributed by atoms with Gasteiger partial charge in [-0.15, -0.1) is 0 Å². The third-order valence-electron chi connectivity index (χ3n) is 11.2. The summed E-state index contributed by atoms with van der Waals surface area (Å²) in [7, 11) is 0. The molecule has 0 bridgehead atoms. The van der Waals surface area contributed by atoms with E-state index >= 15 is 0 Å². The molecule has 0 amide bonds. The van der Waals surface area contributed by atoms with Crippen molar-refractivity contribution in [2.45, 2.75) is 98.3 Å². The molecule has 9 heteroatoms. The molecule has 0 N–H and O–H groups in total. The van der Waals surface area contributed by atoms with Crippen molar-refractivity contribution < 1.29 is 42.8 Å². The van der Waals surface area contributed by atoms with E-state index in [4.69, 9.17) is 28.4 Å². The first kappa shape index (κ1) is 45.7. The van der Waals surface area contributed by atoms with E-state index in [0.717, 1.165) is 44.5 Å². The van der Waals surface area contributed by atoms with Crippen LogP contribution in [0.15, 0.2) is 133 Å². The minimum Gasteiger partial charge on any atom is -0.395 e. The molecule has 0 heterocycles. The molecule has 0 saturated carbocycles. The number of carbonyl (C=O) groups excluding carboxylic acids is 3. The minimum absolute atomic E-state index is 0.000219. The van der Waals surface area contributed by atoms with E-state index in [0.29, 0.717) is 34.5 Å². The first-order valence-electron chi connectivity index (χ1n) is 21.0. The number of aryl methyl sites for hydroxylation is 2. The molecule has 9 nitrogen and oxygen atoms in total. The van der Waals surface area contributed by atoms with Crippen LogP contribution in [0.5, 0.6) is 34.5 Å². The van der Waals surface area contributed by atoms with Gasteiger partial charge in [0.2, 0.25) is 0 Å². The van der Waals surface area contributed by atoms with E-state index in [2.05, 4.69) is 62.3 Å². The molecule has 1 atom stereocenters. The Hall–Kier alpha value is -6.87. The summed E-state index contributed by atoms with van der Waals surface area (Å²) in [6.07, 6.45) is -2.48. The van der Waals surface area contributed by atoms with Gasteiger partial charge in [0.05, 0.1) is 0 Å². The van der Waals surface area contributed by atoms with Gasteiger partial charge in [0, 0.05) is 11.3 Å². The zero-order valence-electron chi connectivity index (χ0n) is 38.0. The Bertz CT molecular complexity index is 2560. The predicted octanol–water partition coefficient (Wildman–Crippen LogP) is 14.1. The molecule has 0 saturated heterocycles. The Balaban J connectivity index is 0.995. The fourth-order valence-electron chi connectivity index (χ4n) is 6.99. The van der Waals surface area contributed by atoms with Gasteiger partial charge >= 0.3 is 18.5 Å². The van der Waals surface area contributed by atoms with Crippen LogP contribution in [0.25, 0.3) is 0 Å². The van der Waals surface area contributed by atoms with Crippen molar-refractivity contribution in [3.8, 4) is 34.5 Å². The number of hydrogen-bond acceptors (Lipinski definition) is 9. The largest absolute Gasteiger partial charge is 0.519 e. The van der Waals surface area contributed by atoms with Gasteiger partial charge in [-0.05, 0) is 130 Å². The van der Waals surface area contributed by atoms with E-state index < -0.39 is 23.9 Å². The third kappa shape index (κ3) is 11.7. The molecule has 0 radical (unpaired) electrons. The summed E-state index contributed by atoms with van der Waals surface area (Å²) in [6.45, 7) is 22.7. The van der Waals surface area contributed by atoms with Crippen molar-refractivity contribution in [1.29, 1.82) is 0 Å². The summed E-state index contributed by atoms with van der Waals surface area (Å²) < 4.78 is 32.9. The highest BCUT2D eigenvalue weighted by molar-refractivity contribution is 5.69. The average Bonchev–Trinajstić information content (AvgIpc) is 3.22. The minimum atomic E-state index is -0.853. The normalized spacial score (nSPS) is 12.2. The monoisotopic (exact) mass is 848 g/mol. The van der Waals surface area contributed by atoms with Crippen LogP contribution in [0, 0.1) is 13.8 Å². The van der Waals surface area contributed by atoms with E-state index in [1.54, 1.807) is 60.7 Å². The molecule has 326 valence electrons. The van der Waals surface area contributed by atoms with Crippen LogP contribution in [-0.4, -0.2) is 18.5 Å². The lowest BCUT2D eigenvalue weighted by Gasteiger charge is -2.27. The quantitative estimate of drug-likeness (QED) is 0.0983. The fourth-order valence-corrected chi connectivity index (χ4v) is 6.99. The molecule has 1 unspecified atom stereocenters. The number of rotatable bonds is 10. The summed E-state index contributed by atoms with van der Waals surface area (Å²) >= 11 is 0. The maximum Gasteiger partial charge on any atom is 0.519 e. The molecule has 0 aromatic heterocycles. The highest BCUT2D eigenvalue weighted by atomic mass is 16.7. The molecule has 0 aliphatic carbocycles. The second-order valence-electron chi connectivity index (χ2n) is 18.4. The lowest BCUT2D eigenvalue weighted by molar-refractivity contribution is 0.150. The first-order chi connectivity index (χ1) is 29.6. The SMILES string of the molecule is Cc1cc(C(C)(C)c2ccc(OC(=O)Oc3ccc(C(C)(C)C)cc3)c(C)c2)ccc1OC(=O)Oc1ccc(C(C)c2ccc(OC(=O)Oc3ccc(C(C)(C)C)cc3)cc2)cc1. The Kier molecular flexibility index (Phi) is 13.5. The standard InChI is InChI=1S/C54H56O9/c1-34-32-41(54(10,11)42-21-31-48(35(2)33-42)63-51(57)61-46-28-18-40(19-29-46)53(7,8)9)20-30-47(34)62-50(56)60-44-24-14-38(15-25-44)36(3)37-12-22-43(23-13-37)58-49(55)59-45-26-16-39(17-27-45)52(4,5)6/h12-33,36H,1-11H3. The summed E-state index contributed by atoms with van der Waals surface area (Å²) in [5.41, 5.74) is 7.36. The van der Waals surface area contributed by atoms with E-state index in [1.807, 2.05) is 86.6 Å². The van der Waals surface area contributed by atoms with Crippen molar-refractivity contribution in [1.82, 2.24) is 0 Å². The Morgan fingerprint density at radius 1 is 0.381 bits per heavy atom. The zero-order chi connectivity index (χ0) is 45.7. The number of hydrogen-bond donors (Lipinski definition) is 0. The molecule has 6 rings (SSSR count). The Morgan fingerprint density at radius 2 is 0.651 bits per heavy atom. The molecule has 0 spiro atoms. The van der Waals surface area contributed by atoms with Crippen LogP contribution in [0.4, 0.5) is 14.4 Å². The third-order valence-corrected chi connectivity index (χ3v) is 11.2. The molecular formula is C54H56O9. The number of carbonyl (C=O) groups is 3. The molecular weight excluding hydrogens is 793 g/mol. The van der Waals surface area contributed by atoms with E-state index in [-0.39, 0.29) is 16.7 Å². The lowest BCUT2D eigenvalue weighted by Crippen LogP contribution is -2.20. The van der Waals surface area contributed by atoms with Gasteiger partial charge in [-0.2, -0.15) is 0 Å². The maximum atomic E-state index is 12.9. The van der Waals surface area contributed by atoms with Crippen LogP contribution in [-0.2, 0) is 16.2 Å². The van der Waals surface area contributed by atoms with Gasteiger partial charge in [-0.25, -0.2) is 14.4 Å². The van der Waals surface area contributed by atoms with Crippen molar-refractivity contribution in [2.75, 3.05) is 0 Å². The molecule has 0 aliphatic rings. The highest BCUT2D eigenvalue weighted by Crippen LogP contribution is 2.37. The Labute approximate surface area is 370 Å². The highest BCUT2D eigenvalue weighted by Gasteiger charge is 2.26. The zero-order valence-corrected chi connectivity index (χ0v) is 38.0. The van der Waals surface area contributed by atoms with Crippen LogP contribution in [0.1, 0.15) is 113 Å². The molecule has 6 aromatic carbocycles. The van der Waals surface area contributed by atoms with E-state index in [9.17, 15) is 14.4 Å². The average molecular weight is 849 g/mol. The van der Waals surface area contributed by atoms with Crippen LogP contribution < -0.4 is 28.4 Å². The van der Waals surface area contributed by atoms with Crippen LogP contribution >= 0.6 is 0 Å². The van der Waals surface area contributed by atoms with Crippen molar-refractivity contribution in [3.05, 3.63) is 178 Å². The van der Waals surface area contributed by atoms with Gasteiger partial charge in [0.15, 0.2) is 0 Å². The summed E-state index contributed by atoms with van der Waals surface area (Å²) in [4.78, 5) is 38.0. The predicted molar refractivity (Wildman–Crippen MR) is 245 cm³/mol. The fraction of sp³-hybridized carbons (Fsp3) is 0.278. The second kappa shape index (κ2) is 18.6. The smallest absolute Gasteiger partial charge is 0.395 e. The van der Waals surface area contributed by atoms with Crippen LogP contribution in [0.3, 0.4) is 0 Å². The van der Waals surface area contributed by atoms with E-state index in [1.165, 1.54) is 0 Å². The molecule has 63 heavy (non-hydrogen) atoms. The second-order valence-corrected chi connectivity index (χ2v) is 18.4. The Morgan fingerprint density at radius 3 is 0.937 bits per heavy atom. The summed E-state index contributed by atoms with van der Waals surface area (Å²) in [6, 6.07) is 40.6. The van der Waals surface area contributed by atoms with Crippen molar-refractivity contribution in [3.63, 3.8) is 0 Å². The van der Waals surface area contributed by atoms with Gasteiger partial charge in [-0.3, -0.25) is 0 Å². The molecule has 6 aromatic rings. The maximum absolute atomic E-state index is 12.9. The van der Waals surface area contributed by atoms with Crippen molar-refractivity contribution >= 4 is 18.5 Å². The van der Waals surface area contributed by atoms with Crippen LogP contribution in [0.2, 0.25) is 0 Å². The summed E-state index contributed by atoms with van der Waals surface area (Å²) in [5, 5.41) is 0. The van der Waals surface area contributed by atoms with Gasteiger partial charge in [0.1, 0.15) is 34.5 Å². The lowest BCUT2D eigenvalue weighted by atomic mass is 9.77. The van der Waals surface area contributed by atoms with Crippen molar-refractivity contribution in [2.24, 2.45) is 0 Å². The number of benzene rings is 6. The number of ether oxygens (including phenoxy) is 6. The van der Waals surface area contributed by atoms with Gasteiger partial charge in [-0.1, -0.05) is 135 Å². The van der Waals surface area contributed by atoms with Gasteiger partial charge in [0.25, 0.3) is 0 Å². The molecule has 0 aliphatic heterocycles.